The Morgan fingerprint density at radius 3 is 2.72 bits per heavy atom. The van der Waals surface area contributed by atoms with Crippen LogP contribution in [0.25, 0.3) is 0 Å². The van der Waals surface area contributed by atoms with Gasteiger partial charge in [0.05, 0.1) is 6.10 Å². The molecule has 0 amide bonds. The van der Waals surface area contributed by atoms with Crippen molar-refractivity contribution in [3.63, 3.8) is 0 Å². The second-order valence-corrected chi connectivity index (χ2v) is 5.56. The van der Waals surface area contributed by atoms with Gasteiger partial charge in [-0.15, -0.1) is 6.58 Å². The van der Waals surface area contributed by atoms with E-state index in [9.17, 15) is 0 Å². The second kappa shape index (κ2) is 9.57. The summed E-state index contributed by atoms with van der Waals surface area (Å²) < 4.78 is 5.62. The van der Waals surface area contributed by atoms with Gasteiger partial charge >= 0.3 is 0 Å². The van der Waals surface area contributed by atoms with E-state index >= 15 is 0 Å². The van der Waals surface area contributed by atoms with E-state index in [1.54, 1.807) is 0 Å². The highest BCUT2D eigenvalue weighted by Crippen LogP contribution is 2.34. The smallest absolute Gasteiger partial charge is 0.0580 e. The molecular weight excluding hydrogens is 222 g/mol. The lowest BCUT2D eigenvalue weighted by Crippen LogP contribution is -2.37. The zero-order valence-electron chi connectivity index (χ0n) is 12.3. The fraction of sp³-hybridized carbons (Fsp3) is 0.875. The zero-order chi connectivity index (χ0) is 13.2. The summed E-state index contributed by atoms with van der Waals surface area (Å²) in [5, 5.41) is 3.48. The summed E-state index contributed by atoms with van der Waals surface area (Å²) in [5.74, 6) is 0.896. The molecule has 0 aromatic heterocycles. The average molecular weight is 253 g/mol. The van der Waals surface area contributed by atoms with Gasteiger partial charge < -0.3 is 10.1 Å². The Balaban J connectivity index is 2.02. The molecule has 106 valence electrons. The average Bonchev–Trinajstić information content (AvgIpc) is 2.34. The molecule has 2 heteroatoms. The molecule has 1 aliphatic carbocycles. The molecule has 18 heavy (non-hydrogen) atoms. The molecule has 0 aromatic carbocycles. The van der Waals surface area contributed by atoms with Crippen molar-refractivity contribution in [1.29, 1.82) is 0 Å². The molecule has 1 atom stereocenters. The van der Waals surface area contributed by atoms with Crippen LogP contribution >= 0.6 is 0 Å². The van der Waals surface area contributed by atoms with Crippen molar-refractivity contribution in [1.82, 2.24) is 5.32 Å². The van der Waals surface area contributed by atoms with Gasteiger partial charge in [0.2, 0.25) is 0 Å². The lowest BCUT2D eigenvalue weighted by atomic mass is 9.77. The molecule has 1 N–H and O–H groups in total. The molecule has 0 aliphatic heterocycles. The number of ether oxygens (including phenoxy) is 1. The predicted octanol–water partition coefficient (Wildman–Crippen LogP) is 3.92. The molecule has 1 saturated carbocycles. The minimum Gasteiger partial charge on any atom is -0.378 e. The van der Waals surface area contributed by atoms with Crippen LogP contribution in [0.3, 0.4) is 0 Å². The van der Waals surface area contributed by atoms with Crippen molar-refractivity contribution in [2.75, 3.05) is 13.7 Å². The van der Waals surface area contributed by atoms with Gasteiger partial charge in [-0.1, -0.05) is 18.9 Å². The Bertz CT molecular complexity index is 211. The Morgan fingerprint density at radius 2 is 2.11 bits per heavy atom. The lowest BCUT2D eigenvalue weighted by molar-refractivity contribution is -0.0291. The SMILES string of the molecule is C=CCCCCCC(CC1CC(OCC)C1)NC. The van der Waals surface area contributed by atoms with E-state index in [0.29, 0.717) is 12.1 Å². The molecule has 1 aliphatic rings. The summed E-state index contributed by atoms with van der Waals surface area (Å²) in [6, 6.07) is 0.710. The number of allylic oxidation sites excluding steroid dienone is 1. The summed E-state index contributed by atoms with van der Waals surface area (Å²) in [7, 11) is 2.10. The summed E-state index contributed by atoms with van der Waals surface area (Å²) in [4.78, 5) is 0. The highest BCUT2D eigenvalue weighted by atomic mass is 16.5. The van der Waals surface area contributed by atoms with E-state index < -0.39 is 0 Å². The third kappa shape index (κ3) is 6.01. The Labute approximate surface area is 113 Å². The van der Waals surface area contributed by atoms with E-state index in [0.717, 1.165) is 12.5 Å². The second-order valence-electron chi connectivity index (χ2n) is 5.56. The van der Waals surface area contributed by atoms with Crippen molar-refractivity contribution in [3.8, 4) is 0 Å². The first kappa shape index (κ1) is 15.7. The van der Waals surface area contributed by atoms with Gasteiger partial charge in [0, 0.05) is 12.6 Å². The third-order valence-electron chi connectivity index (χ3n) is 4.08. The van der Waals surface area contributed by atoms with Crippen LogP contribution in [0.4, 0.5) is 0 Å². The number of hydrogen-bond acceptors (Lipinski definition) is 2. The third-order valence-corrected chi connectivity index (χ3v) is 4.08. The molecule has 2 nitrogen and oxygen atoms in total. The van der Waals surface area contributed by atoms with Crippen LogP contribution in [0.2, 0.25) is 0 Å². The summed E-state index contributed by atoms with van der Waals surface area (Å²) in [6.07, 6.45) is 13.0. The van der Waals surface area contributed by atoms with Crippen molar-refractivity contribution in [2.45, 2.75) is 70.4 Å². The molecule has 0 radical (unpaired) electrons. The molecule has 1 rings (SSSR count). The minimum absolute atomic E-state index is 0.560. The largest absolute Gasteiger partial charge is 0.378 e. The molecule has 0 heterocycles. The zero-order valence-corrected chi connectivity index (χ0v) is 12.3. The number of nitrogens with one attached hydrogen (secondary N) is 1. The Kier molecular flexibility index (Phi) is 8.36. The molecular formula is C16H31NO. The maximum Gasteiger partial charge on any atom is 0.0580 e. The predicted molar refractivity (Wildman–Crippen MR) is 78.9 cm³/mol. The summed E-state index contributed by atoms with van der Waals surface area (Å²) in [6.45, 7) is 6.73. The number of hydrogen-bond donors (Lipinski definition) is 1. The highest BCUT2D eigenvalue weighted by Gasteiger charge is 2.30. The first-order valence-electron chi connectivity index (χ1n) is 7.69. The molecule has 0 saturated heterocycles. The van der Waals surface area contributed by atoms with Crippen LogP contribution in [-0.4, -0.2) is 25.8 Å². The normalized spacial score (nSPS) is 24.6. The van der Waals surface area contributed by atoms with E-state index in [-0.39, 0.29) is 0 Å². The fourth-order valence-corrected chi connectivity index (χ4v) is 2.88. The fourth-order valence-electron chi connectivity index (χ4n) is 2.88. The van der Waals surface area contributed by atoms with Gasteiger partial charge in [-0.2, -0.15) is 0 Å². The van der Waals surface area contributed by atoms with Crippen molar-refractivity contribution >= 4 is 0 Å². The lowest BCUT2D eigenvalue weighted by Gasteiger charge is -2.37. The molecule has 1 unspecified atom stereocenters. The Morgan fingerprint density at radius 1 is 1.33 bits per heavy atom. The van der Waals surface area contributed by atoms with Gasteiger partial charge in [0.1, 0.15) is 0 Å². The minimum atomic E-state index is 0.560. The maximum atomic E-state index is 5.62. The van der Waals surface area contributed by atoms with Gasteiger partial charge in [-0.25, -0.2) is 0 Å². The van der Waals surface area contributed by atoms with Crippen LogP contribution in [0.5, 0.6) is 0 Å². The van der Waals surface area contributed by atoms with Crippen LogP contribution in [0, 0.1) is 5.92 Å². The van der Waals surface area contributed by atoms with Crippen molar-refractivity contribution in [2.24, 2.45) is 5.92 Å². The molecule has 1 fully saturated rings. The van der Waals surface area contributed by atoms with E-state index in [4.69, 9.17) is 4.74 Å². The highest BCUT2D eigenvalue weighted by molar-refractivity contribution is 4.83. The van der Waals surface area contributed by atoms with E-state index in [2.05, 4.69) is 25.9 Å². The Hall–Kier alpha value is -0.340. The van der Waals surface area contributed by atoms with Crippen LogP contribution in [-0.2, 0) is 4.74 Å². The topological polar surface area (TPSA) is 21.3 Å². The maximum absolute atomic E-state index is 5.62. The first-order valence-corrected chi connectivity index (χ1v) is 7.69. The van der Waals surface area contributed by atoms with Crippen LogP contribution < -0.4 is 5.32 Å². The van der Waals surface area contributed by atoms with Crippen LogP contribution in [0.15, 0.2) is 12.7 Å². The molecule has 0 bridgehead atoms. The van der Waals surface area contributed by atoms with Crippen molar-refractivity contribution < 1.29 is 4.74 Å². The molecule has 0 aromatic rings. The number of unbranched alkanes of at least 4 members (excludes halogenated alkanes) is 3. The standard InChI is InChI=1S/C16H31NO/c1-4-6-7-8-9-10-15(17-3)11-14-12-16(13-14)18-5-2/h4,14-17H,1,5-13H2,2-3H3. The van der Waals surface area contributed by atoms with Gasteiger partial charge in [-0.05, 0) is 58.4 Å². The van der Waals surface area contributed by atoms with Crippen LogP contribution in [0.1, 0.15) is 58.3 Å². The monoisotopic (exact) mass is 253 g/mol. The molecule has 0 spiro atoms. The van der Waals surface area contributed by atoms with E-state index in [1.165, 1.54) is 51.4 Å². The van der Waals surface area contributed by atoms with Gasteiger partial charge in [0.15, 0.2) is 0 Å². The van der Waals surface area contributed by atoms with E-state index in [1.807, 2.05) is 6.08 Å². The summed E-state index contributed by atoms with van der Waals surface area (Å²) in [5.41, 5.74) is 0. The van der Waals surface area contributed by atoms with Crippen molar-refractivity contribution in [3.05, 3.63) is 12.7 Å². The number of rotatable bonds is 11. The van der Waals surface area contributed by atoms with Gasteiger partial charge in [-0.3, -0.25) is 0 Å². The van der Waals surface area contributed by atoms with Gasteiger partial charge in [0.25, 0.3) is 0 Å². The quantitative estimate of drug-likeness (QED) is 0.445. The summed E-state index contributed by atoms with van der Waals surface area (Å²) >= 11 is 0. The first-order chi connectivity index (χ1) is 8.80.